The Balaban J connectivity index is 1.54. The molecule has 6 nitrogen and oxygen atoms in total. The number of aliphatic imine (C=N–C) groups is 1. The third-order valence-corrected chi connectivity index (χ3v) is 6.78. The number of aromatic hydroxyl groups is 1. The molecule has 3 N–H and O–H groups in total. The minimum absolute atomic E-state index is 0.146. The minimum Gasteiger partial charge on any atom is -0.507 e. The summed E-state index contributed by atoms with van der Waals surface area (Å²) < 4.78 is 10.8. The monoisotopic (exact) mass is 419 g/mol. The van der Waals surface area contributed by atoms with Crippen LogP contribution in [0.4, 0.5) is 0 Å². The van der Waals surface area contributed by atoms with E-state index in [1.54, 1.807) is 20.3 Å². The number of rotatable bonds is 4. The fraction of sp³-hybridized carbons (Fsp3) is 0.400. The summed E-state index contributed by atoms with van der Waals surface area (Å²) in [6.07, 6.45) is 17.4. The van der Waals surface area contributed by atoms with Crippen molar-refractivity contribution in [3.63, 3.8) is 0 Å². The third kappa shape index (κ3) is 3.70. The molecule has 1 aromatic rings. The number of benzene rings is 1. The molecule has 0 amide bonds. The number of hydrogen-bond donors (Lipinski definition) is 3. The van der Waals surface area contributed by atoms with E-state index in [9.17, 15) is 5.11 Å². The molecule has 6 atom stereocenters. The van der Waals surface area contributed by atoms with Gasteiger partial charge in [0, 0.05) is 24.7 Å². The fourth-order valence-corrected chi connectivity index (χ4v) is 5.23. The highest BCUT2D eigenvalue weighted by Gasteiger charge is 2.41. The van der Waals surface area contributed by atoms with Crippen LogP contribution in [-0.4, -0.2) is 31.5 Å². The summed E-state index contributed by atoms with van der Waals surface area (Å²) in [5.74, 6) is 3.33. The Morgan fingerprint density at radius 1 is 1.10 bits per heavy atom. The highest BCUT2D eigenvalue weighted by atomic mass is 16.5. The number of allylic oxidation sites excluding steroid dienone is 7. The summed E-state index contributed by atoms with van der Waals surface area (Å²) in [6.45, 7) is 0. The van der Waals surface area contributed by atoms with Crippen LogP contribution < -0.4 is 15.4 Å². The quantitative estimate of drug-likeness (QED) is 0.648. The van der Waals surface area contributed by atoms with E-state index in [-0.39, 0.29) is 5.75 Å². The number of fused-ring (bicyclic) bond motifs is 3. The lowest BCUT2D eigenvalue weighted by molar-refractivity contribution is 0.0457. The molecular weight excluding hydrogens is 390 g/mol. The zero-order valence-electron chi connectivity index (χ0n) is 17.9. The second-order valence-corrected chi connectivity index (χ2v) is 8.47. The van der Waals surface area contributed by atoms with Crippen molar-refractivity contribution >= 4 is 5.84 Å². The molecule has 0 aromatic heterocycles. The highest BCUT2D eigenvalue weighted by Crippen LogP contribution is 2.46. The van der Waals surface area contributed by atoms with Gasteiger partial charge in [0.05, 0.1) is 7.11 Å². The molecule has 31 heavy (non-hydrogen) atoms. The molecule has 6 unspecified atom stereocenters. The van der Waals surface area contributed by atoms with Crippen molar-refractivity contribution in [2.75, 3.05) is 14.2 Å². The molecule has 0 saturated heterocycles. The first-order chi connectivity index (χ1) is 15.2. The Kier molecular flexibility index (Phi) is 5.42. The maximum atomic E-state index is 10.6. The largest absolute Gasteiger partial charge is 0.507 e. The van der Waals surface area contributed by atoms with Gasteiger partial charge in [-0.05, 0) is 48.3 Å². The van der Waals surface area contributed by atoms with Crippen LogP contribution in [0.3, 0.4) is 0 Å². The first-order valence-electron chi connectivity index (χ1n) is 10.9. The zero-order chi connectivity index (χ0) is 21.4. The standard InChI is InChI=1S/C25H29N3O3/c1-30-16-11-12-20(22(29)14-16)23-26-24(28-25(27-23)31-2)21-13-15-7-3-4-8-17(15)18-9-5-6-10-19(18)21/h3-5,7-9,11-15,17-19,23,25,27,29H,6,10H2,1-2H3,(H,26,28). The van der Waals surface area contributed by atoms with Gasteiger partial charge in [0.15, 0.2) is 6.35 Å². The predicted molar refractivity (Wildman–Crippen MR) is 121 cm³/mol. The van der Waals surface area contributed by atoms with E-state index in [1.165, 1.54) is 5.57 Å². The summed E-state index contributed by atoms with van der Waals surface area (Å²) in [5, 5.41) is 17.3. The second kappa shape index (κ2) is 8.36. The van der Waals surface area contributed by atoms with Crippen LogP contribution in [0.5, 0.6) is 11.5 Å². The molecule has 0 saturated carbocycles. The number of phenolic OH excluding ortho intramolecular Hbond substituents is 1. The smallest absolute Gasteiger partial charge is 0.186 e. The molecule has 1 heterocycles. The van der Waals surface area contributed by atoms with Gasteiger partial charge in [-0.1, -0.05) is 42.5 Å². The molecular formula is C25H29N3O3. The van der Waals surface area contributed by atoms with Crippen molar-refractivity contribution in [2.24, 2.45) is 28.7 Å². The van der Waals surface area contributed by atoms with Gasteiger partial charge in [-0.2, -0.15) is 0 Å². The molecule has 162 valence electrons. The third-order valence-electron chi connectivity index (χ3n) is 6.78. The maximum absolute atomic E-state index is 10.6. The molecule has 4 aliphatic rings. The predicted octanol–water partition coefficient (Wildman–Crippen LogP) is 3.80. The average Bonchev–Trinajstić information content (AvgIpc) is 2.83. The van der Waals surface area contributed by atoms with Crippen molar-refractivity contribution in [3.05, 3.63) is 71.9 Å². The Morgan fingerprint density at radius 2 is 1.97 bits per heavy atom. The highest BCUT2D eigenvalue weighted by molar-refractivity contribution is 5.99. The lowest BCUT2D eigenvalue weighted by atomic mass is 9.63. The van der Waals surface area contributed by atoms with E-state index in [4.69, 9.17) is 14.5 Å². The summed E-state index contributed by atoms with van der Waals surface area (Å²) in [4.78, 5) is 5.00. The van der Waals surface area contributed by atoms with Crippen molar-refractivity contribution in [1.29, 1.82) is 0 Å². The van der Waals surface area contributed by atoms with Crippen LogP contribution in [0.25, 0.3) is 0 Å². The maximum Gasteiger partial charge on any atom is 0.186 e. The van der Waals surface area contributed by atoms with Crippen LogP contribution >= 0.6 is 0 Å². The van der Waals surface area contributed by atoms with Crippen LogP contribution in [-0.2, 0) is 4.74 Å². The van der Waals surface area contributed by atoms with Gasteiger partial charge in [-0.3, -0.25) is 0 Å². The van der Waals surface area contributed by atoms with Crippen molar-refractivity contribution in [3.8, 4) is 11.5 Å². The molecule has 0 radical (unpaired) electrons. The number of hydrogen-bond acceptors (Lipinski definition) is 6. The molecule has 1 aromatic carbocycles. The summed E-state index contributed by atoms with van der Waals surface area (Å²) in [7, 11) is 3.24. The fourth-order valence-electron chi connectivity index (χ4n) is 5.23. The number of amidine groups is 1. The number of nitrogens with one attached hydrogen (secondary N) is 2. The SMILES string of the molecule is COc1ccc(C2N=C(C3=CC4C=CC=CC4C4C=CCCC34)NC(OC)N2)c(O)c1. The lowest BCUT2D eigenvalue weighted by Crippen LogP contribution is -2.53. The van der Waals surface area contributed by atoms with E-state index >= 15 is 0 Å². The Bertz CT molecular complexity index is 994. The summed E-state index contributed by atoms with van der Waals surface area (Å²) in [6, 6.07) is 5.29. The van der Waals surface area contributed by atoms with E-state index in [0.717, 1.165) is 18.7 Å². The minimum atomic E-state index is -0.426. The van der Waals surface area contributed by atoms with E-state index in [0.29, 0.717) is 35.0 Å². The van der Waals surface area contributed by atoms with Crippen LogP contribution in [0, 0.1) is 23.7 Å². The number of nitrogens with zero attached hydrogens (tertiary/aromatic N) is 1. The normalized spacial score (nSPS) is 33.6. The van der Waals surface area contributed by atoms with Gasteiger partial charge < -0.3 is 19.9 Å². The summed E-state index contributed by atoms with van der Waals surface area (Å²) >= 11 is 0. The summed E-state index contributed by atoms with van der Waals surface area (Å²) in [5.41, 5.74) is 1.94. The first-order valence-corrected chi connectivity index (χ1v) is 10.9. The van der Waals surface area contributed by atoms with Crippen molar-refractivity contribution in [1.82, 2.24) is 10.6 Å². The molecule has 0 fully saturated rings. The van der Waals surface area contributed by atoms with Crippen molar-refractivity contribution < 1.29 is 14.6 Å². The molecule has 3 aliphatic carbocycles. The van der Waals surface area contributed by atoms with Crippen LogP contribution in [0.15, 0.2) is 71.3 Å². The topological polar surface area (TPSA) is 75.1 Å². The zero-order valence-corrected chi connectivity index (χ0v) is 17.9. The molecule has 6 heteroatoms. The van der Waals surface area contributed by atoms with E-state index < -0.39 is 12.5 Å². The average molecular weight is 420 g/mol. The van der Waals surface area contributed by atoms with E-state index in [1.807, 2.05) is 12.1 Å². The first kappa shape index (κ1) is 20.1. The van der Waals surface area contributed by atoms with Crippen LogP contribution in [0.1, 0.15) is 24.6 Å². The Labute approximate surface area is 183 Å². The Hall–Kier alpha value is -2.83. The second-order valence-electron chi connectivity index (χ2n) is 8.47. The van der Waals surface area contributed by atoms with E-state index in [2.05, 4.69) is 53.2 Å². The molecule has 1 aliphatic heterocycles. The molecule has 0 spiro atoms. The van der Waals surface area contributed by atoms with Gasteiger partial charge in [0.25, 0.3) is 0 Å². The lowest BCUT2D eigenvalue weighted by Gasteiger charge is -2.43. The van der Waals surface area contributed by atoms with Gasteiger partial charge >= 0.3 is 0 Å². The van der Waals surface area contributed by atoms with Gasteiger partial charge in [0.2, 0.25) is 0 Å². The van der Waals surface area contributed by atoms with Gasteiger partial charge in [-0.25, -0.2) is 10.3 Å². The van der Waals surface area contributed by atoms with Gasteiger partial charge in [0.1, 0.15) is 23.5 Å². The number of methoxy groups -OCH3 is 2. The number of phenols is 1. The Morgan fingerprint density at radius 3 is 2.77 bits per heavy atom. The van der Waals surface area contributed by atoms with Crippen molar-refractivity contribution in [2.45, 2.75) is 25.4 Å². The molecule has 5 rings (SSSR count). The molecule has 0 bridgehead atoms. The van der Waals surface area contributed by atoms with Gasteiger partial charge in [-0.15, -0.1) is 0 Å². The number of ether oxygens (including phenoxy) is 2. The van der Waals surface area contributed by atoms with Crippen LogP contribution in [0.2, 0.25) is 0 Å².